The molecule has 0 amide bonds. The van der Waals surface area contributed by atoms with Crippen molar-refractivity contribution in [3.63, 3.8) is 0 Å². The van der Waals surface area contributed by atoms with Gasteiger partial charge in [0.15, 0.2) is 17.5 Å². The topological polar surface area (TPSA) is 51.8 Å². The molecule has 9 rings (SSSR count). The molecular formula is C51H35N3O. The number of nitrogens with zero attached hydrogens (tertiary/aromatic N) is 3. The molecule has 0 N–H and O–H groups in total. The van der Waals surface area contributed by atoms with E-state index in [1.54, 1.807) is 6.08 Å². The van der Waals surface area contributed by atoms with E-state index in [1.807, 2.05) is 72.8 Å². The third-order valence-electron chi connectivity index (χ3n) is 9.87. The largest absolute Gasteiger partial charge is 0.456 e. The van der Waals surface area contributed by atoms with Crippen LogP contribution in [0.5, 0.6) is 0 Å². The lowest BCUT2D eigenvalue weighted by molar-refractivity contribution is 0.669. The van der Waals surface area contributed by atoms with Crippen molar-refractivity contribution in [1.29, 1.82) is 0 Å². The Morgan fingerprint density at radius 2 is 1.02 bits per heavy atom. The van der Waals surface area contributed by atoms with Crippen molar-refractivity contribution in [2.75, 3.05) is 0 Å². The Balaban J connectivity index is 1.15. The maximum atomic E-state index is 6.45. The SMILES string of the molecule is C=C/C=C\C(=C)c1cccc(-c2nc(-c3ccccc3)nc(-c3cccc4oc5ccc(-c6ccc(-c7ccccc7-c7ccccc7)cc6)cc5c34)n2)c1. The zero-order valence-corrected chi connectivity index (χ0v) is 30.1. The molecule has 7 aromatic carbocycles. The van der Waals surface area contributed by atoms with Gasteiger partial charge in [-0.05, 0) is 68.8 Å². The minimum atomic E-state index is 0.569. The zero-order chi connectivity index (χ0) is 37.1. The average Bonchev–Trinajstić information content (AvgIpc) is 3.64. The van der Waals surface area contributed by atoms with Gasteiger partial charge in [0, 0.05) is 27.5 Å². The van der Waals surface area contributed by atoms with Crippen LogP contribution in [-0.2, 0) is 0 Å². The molecule has 0 atom stereocenters. The monoisotopic (exact) mass is 705 g/mol. The van der Waals surface area contributed by atoms with Crippen LogP contribution in [0.3, 0.4) is 0 Å². The first kappa shape index (κ1) is 33.4. The van der Waals surface area contributed by atoms with Crippen LogP contribution in [0.25, 0.3) is 95.1 Å². The van der Waals surface area contributed by atoms with E-state index in [2.05, 4.69) is 122 Å². The van der Waals surface area contributed by atoms with Crippen LogP contribution in [0, 0.1) is 0 Å². The summed E-state index contributed by atoms with van der Waals surface area (Å²) in [6, 6.07) is 58.5. The highest BCUT2D eigenvalue weighted by Crippen LogP contribution is 2.39. The fourth-order valence-electron chi connectivity index (χ4n) is 7.12. The molecule has 0 spiro atoms. The zero-order valence-electron chi connectivity index (χ0n) is 30.1. The molecule has 0 unspecified atom stereocenters. The minimum Gasteiger partial charge on any atom is -0.456 e. The molecule has 0 saturated heterocycles. The quantitative estimate of drug-likeness (QED) is 0.140. The van der Waals surface area contributed by atoms with Crippen LogP contribution in [-0.4, -0.2) is 15.0 Å². The van der Waals surface area contributed by atoms with Gasteiger partial charge in [0.25, 0.3) is 0 Å². The van der Waals surface area contributed by atoms with E-state index in [4.69, 9.17) is 19.4 Å². The number of fused-ring (bicyclic) bond motifs is 3. The molecule has 0 radical (unpaired) electrons. The van der Waals surface area contributed by atoms with Crippen molar-refractivity contribution >= 4 is 27.5 Å². The molecular weight excluding hydrogens is 671 g/mol. The number of hydrogen-bond acceptors (Lipinski definition) is 4. The Hall–Kier alpha value is -7.43. The molecule has 0 aliphatic carbocycles. The highest BCUT2D eigenvalue weighted by molar-refractivity contribution is 6.12. The lowest BCUT2D eigenvalue weighted by atomic mass is 9.93. The Morgan fingerprint density at radius 1 is 0.455 bits per heavy atom. The van der Waals surface area contributed by atoms with E-state index in [0.717, 1.165) is 60.9 Å². The van der Waals surface area contributed by atoms with Gasteiger partial charge in [0.1, 0.15) is 11.2 Å². The molecule has 0 aliphatic rings. The molecule has 260 valence electrons. The van der Waals surface area contributed by atoms with Gasteiger partial charge in [0.05, 0.1) is 0 Å². The van der Waals surface area contributed by atoms with Crippen LogP contribution in [0.15, 0.2) is 206 Å². The van der Waals surface area contributed by atoms with E-state index in [0.29, 0.717) is 17.5 Å². The second kappa shape index (κ2) is 14.5. The number of rotatable bonds is 9. The van der Waals surface area contributed by atoms with Crippen molar-refractivity contribution < 1.29 is 4.42 Å². The van der Waals surface area contributed by atoms with Crippen LogP contribution < -0.4 is 0 Å². The van der Waals surface area contributed by atoms with Crippen molar-refractivity contribution in [1.82, 2.24) is 15.0 Å². The van der Waals surface area contributed by atoms with E-state index < -0.39 is 0 Å². The van der Waals surface area contributed by atoms with Gasteiger partial charge < -0.3 is 4.42 Å². The number of furan rings is 1. The summed E-state index contributed by atoms with van der Waals surface area (Å²) in [5.74, 6) is 1.74. The fourth-order valence-corrected chi connectivity index (χ4v) is 7.12. The van der Waals surface area contributed by atoms with Crippen LogP contribution in [0.2, 0.25) is 0 Å². The molecule has 0 bridgehead atoms. The summed E-state index contributed by atoms with van der Waals surface area (Å²) in [6.45, 7) is 8.04. The molecule has 55 heavy (non-hydrogen) atoms. The summed E-state index contributed by atoms with van der Waals surface area (Å²) in [5.41, 5.74) is 13.1. The van der Waals surface area contributed by atoms with Gasteiger partial charge >= 0.3 is 0 Å². The standard InChI is InChI=1S/C51H35N3O/c1-3-4-15-34(2)39-20-13-21-41(32-39)50-52-49(38-18-9-6-10-19-38)53-51(54-50)44-24-14-25-47-48(44)45-33-40(30-31-46(45)55-47)35-26-28-37(29-27-35)43-23-12-11-22-42(43)36-16-7-5-8-17-36/h3-33H,1-2H2/b15-4-. The highest BCUT2D eigenvalue weighted by atomic mass is 16.3. The second-order valence-corrected chi connectivity index (χ2v) is 13.4. The number of benzene rings is 7. The molecule has 0 aliphatic heterocycles. The summed E-state index contributed by atoms with van der Waals surface area (Å²) < 4.78 is 6.45. The van der Waals surface area contributed by atoms with Crippen molar-refractivity contribution in [2.45, 2.75) is 0 Å². The summed E-state index contributed by atoms with van der Waals surface area (Å²) in [6.07, 6.45) is 5.57. The number of aromatic nitrogens is 3. The summed E-state index contributed by atoms with van der Waals surface area (Å²) >= 11 is 0. The van der Waals surface area contributed by atoms with Crippen LogP contribution in [0.1, 0.15) is 5.56 Å². The normalized spacial score (nSPS) is 11.3. The first-order chi connectivity index (χ1) is 27.1. The van der Waals surface area contributed by atoms with E-state index in [9.17, 15) is 0 Å². The Labute approximate surface area is 320 Å². The lowest BCUT2D eigenvalue weighted by Crippen LogP contribution is -2.00. The fraction of sp³-hybridized carbons (Fsp3) is 0. The molecule has 9 aromatic rings. The molecule has 0 saturated carbocycles. The van der Waals surface area contributed by atoms with Crippen LogP contribution in [0.4, 0.5) is 0 Å². The van der Waals surface area contributed by atoms with Gasteiger partial charge in [-0.25, -0.2) is 15.0 Å². The average molecular weight is 706 g/mol. The maximum Gasteiger partial charge on any atom is 0.164 e. The molecule has 4 nitrogen and oxygen atoms in total. The van der Waals surface area contributed by atoms with Gasteiger partial charge in [-0.3, -0.25) is 0 Å². The lowest BCUT2D eigenvalue weighted by Gasteiger charge is -2.11. The molecule has 2 aromatic heterocycles. The predicted octanol–water partition coefficient (Wildman–Crippen LogP) is 13.5. The van der Waals surface area contributed by atoms with Crippen molar-refractivity contribution in [3.8, 4) is 67.5 Å². The second-order valence-electron chi connectivity index (χ2n) is 13.4. The Kier molecular flexibility index (Phi) is 8.83. The van der Waals surface area contributed by atoms with Gasteiger partial charge in [-0.15, -0.1) is 0 Å². The van der Waals surface area contributed by atoms with Crippen molar-refractivity contribution in [3.05, 3.63) is 207 Å². The highest BCUT2D eigenvalue weighted by Gasteiger charge is 2.19. The predicted molar refractivity (Wildman–Crippen MR) is 228 cm³/mol. The first-order valence-corrected chi connectivity index (χ1v) is 18.2. The van der Waals surface area contributed by atoms with Crippen LogP contribution >= 0.6 is 0 Å². The minimum absolute atomic E-state index is 0.569. The van der Waals surface area contributed by atoms with E-state index >= 15 is 0 Å². The Morgan fingerprint density at radius 3 is 1.75 bits per heavy atom. The number of allylic oxidation sites excluding steroid dienone is 4. The third kappa shape index (κ3) is 6.58. The molecule has 2 heterocycles. The number of hydrogen-bond donors (Lipinski definition) is 0. The van der Waals surface area contributed by atoms with E-state index in [1.165, 1.54) is 22.3 Å². The van der Waals surface area contributed by atoms with Gasteiger partial charge in [-0.1, -0.05) is 177 Å². The maximum absolute atomic E-state index is 6.45. The van der Waals surface area contributed by atoms with E-state index in [-0.39, 0.29) is 0 Å². The smallest absolute Gasteiger partial charge is 0.164 e. The summed E-state index contributed by atoms with van der Waals surface area (Å²) in [5, 5.41) is 1.96. The van der Waals surface area contributed by atoms with Gasteiger partial charge in [-0.2, -0.15) is 0 Å². The van der Waals surface area contributed by atoms with Crippen molar-refractivity contribution in [2.24, 2.45) is 0 Å². The molecule has 0 fully saturated rings. The first-order valence-electron chi connectivity index (χ1n) is 18.2. The summed E-state index contributed by atoms with van der Waals surface area (Å²) in [4.78, 5) is 15.2. The Bertz CT molecular complexity index is 2890. The summed E-state index contributed by atoms with van der Waals surface area (Å²) in [7, 11) is 0. The third-order valence-corrected chi connectivity index (χ3v) is 9.87. The van der Waals surface area contributed by atoms with Gasteiger partial charge in [0.2, 0.25) is 0 Å². The molecule has 4 heteroatoms.